The van der Waals surface area contributed by atoms with Crippen molar-refractivity contribution in [3.05, 3.63) is 32.5 Å². The number of amides is 1. The molecule has 1 saturated heterocycles. The third-order valence-electron chi connectivity index (χ3n) is 2.28. The minimum absolute atomic E-state index is 0.0295. The first-order valence-corrected chi connectivity index (χ1v) is 5.54. The van der Waals surface area contributed by atoms with Crippen molar-refractivity contribution in [2.75, 3.05) is 7.05 Å². The molecule has 1 aromatic heterocycles. The Labute approximate surface area is 100 Å². The second kappa shape index (κ2) is 4.28. The molecule has 2 rings (SSSR count). The maximum Gasteiger partial charge on any atom is 0.274 e. The summed E-state index contributed by atoms with van der Waals surface area (Å²) in [5.74, 6) is -0.308. The molecule has 7 nitrogen and oxygen atoms in total. The first kappa shape index (κ1) is 11.2. The van der Waals surface area contributed by atoms with Crippen molar-refractivity contribution in [1.82, 2.24) is 10.2 Å². The van der Waals surface area contributed by atoms with E-state index >= 15 is 0 Å². The van der Waals surface area contributed by atoms with E-state index in [2.05, 4.69) is 15.3 Å². The Morgan fingerprint density at radius 3 is 3.00 bits per heavy atom. The number of hydrogen-bond donors (Lipinski definition) is 2. The number of hydrogen-bond acceptors (Lipinski definition) is 4. The van der Waals surface area contributed by atoms with Crippen LogP contribution >= 0.6 is 11.3 Å². The number of nitrogens with one attached hydrogen (secondary N) is 2. The Kier molecular flexibility index (Phi) is 2.82. The quantitative estimate of drug-likeness (QED) is 0.361. The molecule has 0 atom stereocenters. The van der Waals surface area contributed by atoms with Crippen LogP contribution in [0.15, 0.2) is 21.6 Å². The molecule has 0 aromatic carbocycles. The van der Waals surface area contributed by atoms with Gasteiger partial charge >= 0.3 is 0 Å². The summed E-state index contributed by atoms with van der Waals surface area (Å²) in [6.07, 6.45) is 1.59. The zero-order valence-electron chi connectivity index (χ0n) is 8.84. The van der Waals surface area contributed by atoms with Crippen LogP contribution in [0.5, 0.6) is 0 Å². The van der Waals surface area contributed by atoms with E-state index in [1.807, 2.05) is 0 Å². The molecule has 1 aliphatic rings. The highest BCUT2D eigenvalue weighted by molar-refractivity contribution is 7.08. The molecule has 0 radical (unpaired) electrons. The zero-order chi connectivity index (χ0) is 12.4. The van der Waals surface area contributed by atoms with E-state index in [9.17, 15) is 4.79 Å². The van der Waals surface area contributed by atoms with Crippen molar-refractivity contribution in [2.24, 2.45) is 5.11 Å². The topological polar surface area (TPSA) is 105 Å². The minimum atomic E-state index is -0.337. The Balaban J connectivity index is 2.42. The van der Waals surface area contributed by atoms with Crippen molar-refractivity contribution in [1.29, 1.82) is 5.41 Å². The van der Waals surface area contributed by atoms with Gasteiger partial charge in [-0.25, -0.2) is 0 Å². The highest BCUT2D eigenvalue weighted by Crippen LogP contribution is 2.27. The summed E-state index contributed by atoms with van der Waals surface area (Å²) in [6, 6.07) is 0. The smallest absolute Gasteiger partial charge is 0.274 e. The standard InChI is InChI=1S/C9H8N6OS/c1-15-7(8(16)12-9(15)10)2-5-3-17-4-6(5)13-14-11/h2-4H,1H3,(H2,10,12,16)/b7-2-. The van der Waals surface area contributed by atoms with Crippen LogP contribution in [0.4, 0.5) is 5.69 Å². The molecule has 0 spiro atoms. The third kappa shape index (κ3) is 1.99. The monoisotopic (exact) mass is 248 g/mol. The highest BCUT2D eigenvalue weighted by Gasteiger charge is 2.27. The van der Waals surface area contributed by atoms with E-state index in [4.69, 9.17) is 10.9 Å². The van der Waals surface area contributed by atoms with Gasteiger partial charge in [-0.05, 0) is 22.6 Å². The van der Waals surface area contributed by atoms with E-state index in [1.54, 1.807) is 23.9 Å². The Morgan fingerprint density at radius 1 is 1.65 bits per heavy atom. The predicted octanol–water partition coefficient (Wildman–Crippen LogP) is 2.03. The van der Waals surface area contributed by atoms with Gasteiger partial charge in [0.15, 0.2) is 0 Å². The Hall–Kier alpha value is -2.31. The molecule has 86 valence electrons. The van der Waals surface area contributed by atoms with Gasteiger partial charge in [-0.3, -0.25) is 15.5 Å². The summed E-state index contributed by atoms with van der Waals surface area (Å²) in [7, 11) is 1.62. The van der Waals surface area contributed by atoms with Crippen molar-refractivity contribution in [3.63, 3.8) is 0 Å². The van der Waals surface area contributed by atoms with E-state index < -0.39 is 0 Å². The summed E-state index contributed by atoms with van der Waals surface area (Å²) in [6.45, 7) is 0. The fraction of sp³-hybridized carbons (Fsp3) is 0.111. The van der Waals surface area contributed by atoms with Gasteiger partial charge in [-0.15, -0.1) is 0 Å². The molecule has 8 heteroatoms. The molecule has 1 amide bonds. The van der Waals surface area contributed by atoms with Crippen LogP contribution in [0.1, 0.15) is 5.56 Å². The summed E-state index contributed by atoms with van der Waals surface area (Å²) < 4.78 is 0. The van der Waals surface area contributed by atoms with Crippen molar-refractivity contribution >= 4 is 35.0 Å². The van der Waals surface area contributed by atoms with Gasteiger partial charge in [-0.2, -0.15) is 11.3 Å². The summed E-state index contributed by atoms with van der Waals surface area (Å²) in [5.41, 5.74) is 9.88. The van der Waals surface area contributed by atoms with Crippen LogP contribution in [-0.4, -0.2) is 23.8 Å². The first-order chi connectivity index (χ1) is 8.13. The predicted molar refractivity (Wildman–Crippen MR) is 64.7 cm³/mol. The number of guanidine groups is 1. The summed E-state index contributed by atoms with van der Waals surface area (Å²) in [4.78, 5) is 15.7. The lowest BCUT2D eigenvalue weighted by atomic mass is 10.2. The average molecular weight is 248 g/mol. The number of carbonyl (C=O) groups is 1. The fourth-order valence-electron chi connectivity index (χ4n) is 1.38. The maximum atomic E-state index is 11.5. The molecule has 0 aliphatic carbocycles. The number of likely N-dealkylation sites (N-methyl/N-ethyl adjacent to an activating group) is 1. The summed E-state index contributed by atoms with van der Waals surface area (Å²) in [5, 5.41) is 16.8. The minimum Gasteiger partial charge on any atom is -0.311 e. The third-order valence-corrected chi connectivity index (χ3v) is 3.03. The molecule has 2 N–H and O–H groups in total. The maximum absolute atomic E-state index is 11.5. The number of carbonyl (C=O) groups excluding carboxylic acids is 1. The molecule has 1 fully saturated rings. The Bertz CT molecular complexity index is 568. The van der Waals surface area contributed by atoms with Gasteiger partial charge in [0.2, 0.25) is 5.96 Å². The molecular formula is C9H8N6OS. The normalized spacial score (nSPS) is 17.2. The highest BCUT2D eigenvalue weighted by atomic mass is 32.1. The average Bonchev–Trinajstić information content (AvgIpc) is 2.81. The second-order valence-electron chi connectivity index (χ2n) is 3.29. The fourth-order valence-corrected chi connectivity index (χ4v) is 2.09. The van der Waals surface area contributed by atoms with Crippen LogP contribution in [0, 0.1) is 5.41 Å². The van der Waals surface area contributed by atoms with Crippen LogP contribution in [-0.2, 0) is 4.79 Å². The van der Waals surface area contributed by atoms with Crippen molar-refractivity contribution < 1.29 is 4.79 Å². The van der Waals surface area contributed by atoms with Gasteiger partial charge < -0.3 is 4.90 Å². The molecular weight excluding hydrogens is 240 g/mol. The lowest BCUT2D eigenvalue weighted by Crippen LogP contribution is -2.25. The van der Waals surface area contributed by atoms with Gasteiger partial charge in [0.25, 0.3) is 5.91 Å². The van der Waals surface area contributed by atoms with E-state index in [0.717, 1.165) is 0 Å². The van der Waals surface area contributed by atoms with Crippen LogP contribution in [0.25, 0.3) is 16.5 Å². The number of thiophene rings is 1. The van der Waals surface area contributed by atoms with E-state index in [-0.39, 0.29) is 11.9 Å². The molecule has 0 saturated carbocycles. The zero-order valence-corrected chi connectivity index (χ0v) is 9.65. The van der Waals surface area contributed by atoms with Gasteiger partial charge in [0.05, 0.1) is 5.69 Å². The lowest BCUT2D eigenvalue weighted by Gasteiger charge is -2.08. The largest absolute Gasteiger partial charge is 0.311 e. The molecule has 2 heterocycles. The first-order valence-electron chi connectivity index (χ1n) is 4.60. The lowest BCUT2D eigenvalue weighted by molar-refractivity contribution is -0.115. The SMILES string of the molecule is CN1C(=N)NC(=O)/C1=C/c1cscc1N=[N+]=[N-]. The van der Waals surface area contributed by atoms with Gasteiger partial charge in [0, 0.05) is 17.3 Å². The van der Waals surface area contributed by atoms with E-state index in [0.29, 0.717) is 16.9 Å². The molecule has 1 aromatic rings. The number of rotatable bonds is 2. The van der Waals surface area contributed by atoms with Gasteiger partial charge in [0.1, 0.15) is 5.70 Å². The second-order valence-corrected chi connectivity index (χ2v) is 4.04. The molecule has 17 heavy (non-hydrogen) atoms. The van der Waals surface area contributed by atoms with Gasteiger partial charge in [-0.1, -0.05) is 5.11 Å². The number of azide groups is 1. The van der Waals surface area contributed by atoms with Crippen LogP contribution in [0.3, 0.4) is 0 Å². The van der Waals surface area contributed by atoms with Crippen molar-refractivity contribution in [2.45, 2.75) is 0 Å². The Morgan fingerprint density at radius 2 is 2.41 bits per heavy atom. The molecule has 0 unspecified atom stereocenters. The number of nitrogens with zero attached hydrogens (tertiary/aromatic N) is 4. The summed E-state index contributed by atoms with van der Waals surface area (Å²) >= 11 is 1.38. The van der Waals surface area contributed by atoms with Crippen LogP contribution < -0.4 is 5.32 Å². The molecule has 1 aliphatic heterocycles. The van der Waals surface area contributed by atoms with Crippen LogP contribution in [0.2, 0.25) is 0 Å². The van der Waals surface area contributed by atoms with E-state index in [1.165, 1.54) is 16.2 Å². The van der Waals surface area contributed by atoms with Crippen molar-refractivity contribution in [3.8, 4) is 0 Å². The molecule has 0 bridgehead atoms.